The van der Waals surface area contributed by atoms with E-state index in [1.807, 2.05) is 18.9 Å². The maximum atomic E-state index is 12.0. The first kappa shape index (κ1) is 15.0. The van der Waals surface area contributed by atoms with Gasteiger partial charge in [0.1, 0.15) is 0 Å². The van der Waals surface area contributed by atoms with E-state index in [9.17, 15) is 4.79 Å². The first-order valence-electron chi connectivity index (χ1n) is 7.30. The van der Waals surface area contributed by atoms with Gasteiger partial charge in [-0.2, -0.15) is 5.10 Å². The SMILES string of the molecule is CCN(C)c1cnn(CCNC2CCOCC2)c(=O)c1. The molecular weight excluding hydrogens is 256 g/mol. The van der Waals surface area contributed by atoms with E-state index < -0.39 is 0 Å². The Bertz CT molecular complexity index is 468. The molecule has 1 aliphatic heterocycles. The lowest BCUT2D eigenvalue weighted by atomic mass is 10.1. The van der Waals surface area contributed by atoms with Crippen LogP contribution in [0.2, 0.25) is 0 Å². The molecule has 0 unspecified atom stereocenters. The highest BCUT2D eigenvalue weighted by molar-refractivity contribution is 5.41. The van der Waals surface area contributed by atoms with E-state index in [0.717, 1.165) is 44.8 Å². The van der Waals surface area contributed by atoms with Gasteiger partial charge in [-0.25, -0.2) is 4.68 Å². The van der Waals surface area contributed by atoms with Gasteiger partial charge in [0, 0.05) is 45.5 Å². The van der Waals surface area contributed by atoms with Crippen LogP contribution in [0.15, 0.2) is 17.1 Å². The number of nitrogens with zero attached hydrogens (tertiary/aromatic N) is 3. The molecule has 112 valence electrons. The Hall–Kier alpha value is -1.40. The van der Waals surface area contributed by atoms with Crippen molar-refractivity contribution >= 4 is 5.69 Å². The third-order valence-corrected chi connectivity index (χ3v) is 3.75. The molecule has 1 N–H and O–H groups in total. The van der Waals surface area contributed by atoms with Crippen LogP contribution in [0.3, 0.4) is 0 Å². The number of hydrogen-bond donors (Lipinski definition) is 1. The van der Waals surface area contributed by atoms with Crippen molar-refractivity contribution < 1.29 is 4.74 Å². The van der Waals surface area contributed by atoms with Gasteiger partial charge >= 0.3 is 0 Å². The van der Waals surface area contributed by atoms with Gasteiger partial charge in [-0.05, 0) is 19.8 Å². The van der Waals surface area contributed by atoms with Crippen LogP contribution in [0, 0.1) is 0 Å². The predicted molar refractivity (Wildman–Crippen MR) is 79.3 cm³/mol. The molecule has 1 aliphatic rings. The zero-order valence-electron chi connectivity index (χ0n) is 12.3. The first-order valence-corrected chi connectivity index (χ1v) is 7.30. The fourth-order valence-corrected chi connectivity index (χ4v) is 2.26. The molecule has 2 heterocycles. The van der Waals surface area contributed by atoms with Crippen molar-refractivity contribution in [1.29, 1.82) is 0 Å². The van der Waals surface area contributed by atoms with Gasteiger partial charge in [0.05, 0.1) is 18.4 Å². The van der Waals surface area contributed by atoms with E-state index >= 15 is 0 Å². The van der Waals surface area contributed by atoms with Crippen molar-refractivity contribution in [2.24, 2.45) is 0 Å². The number of aromatic nitrogens is 2. The van der Waals surface area contributed by atoms with Crippen LogP contribution >= 0.6 is 0 Å². The van der Waals surface area contributed by atoms with Crippen molar-refractivity contribution in [3.05, 3.63) is 22.6 Å². The van der Waals surface area contributed by atoms with Crippen LogP contribution in [-0.4, -0.2) is 49.2 Å². The number of nitrogens with one attached hydrogen (secondary N) is 1. The third-order valence-electron chi connectivity index (χ3n) is 3.75. The molecule has 0 aliphatic carbocycles. The van der Waals surface area contributed by atoms with E-state index in [2.05, 4.69) is 10.4 Å². The molecule has 0 atom stereocenters. The minimum atomic E-state index is -0.0448. The van der Waals surface area contributed by atoms with Gasteiger partial charge in [-0.15, -0.1) is 0 Å². The average Bonchev–Trinajstić information content (AvgIpc) is 2.49. The molecule has 0 radical (unpaired) electrons. The number of ether oxygens (including phenoxy) is 1. The largest absolute Gasteiger partial charge is 0.381 e. The summed E-state index contributed by atoms with van der Waals surface area (Å²) in [6, 6.07) is 2.15. The van der Waals surface area contributed by atoms with Gasteiger partial charge in [-0.3, -0.25) is 4.79 Å². The summed E-state index contributed by atoms with van der Waals surface area (Å²) < 4.78 is 6.83. The van der Waals surface area contributed by atoms with Gasteiger partial charge in [0.15, 0.2) is 0 Å². The molecule has 0 aromatic carbocycles. The highest BCUT2D eigenvalue weighted by Gasteiger charge is 2.12. The monoisotopic (exact) mass is 280 g/mol. The molecule has 20 heavy (non-hydrogen) atoms. The summed E-state index contributed by atoms with van der Waals surface area (Å²) in [7, 11) is 1.95. The van der Waals surface area contributed by atoms with Crippen molar-refractivity contribution in [3.63, 3.8) is 0 Å². The minimum absolute atomic E-state index is 0.0448. The van der Waals surface area contributed by atoms with Crippen LogP contribution in [0.1, 0.15) is 19.8 Å². The highest BCUT2D eigenvalue weighted by atomic mass is 16.5. The van der Waals surface area contributed by atoms with Gasteiger partial charge in [-0.1, -0.05) is 0 Å². The van der Waals surface area contributed by atoms with Crippen molar-refractivity contribution in [1.82, 2.24) is 15.1 Å². The maximum Gasteiger partial charge on any atom is 0.268 e. The maximum absolute atomic E-state index is 12.0. The van der Waals surface area contributed by atoms with Crippen molar-refractivity contribution in [3.8, 4) is 0 Å². The number of hydrogen-bond acceptors (Lipinski definition) is 5. The molecule has 1 aromatic heterocycles. The summed E-state index contributed by atoms with van der Waals surface area (Å²) in [4.78, 5) is 14.0. The number of rotatable bonds is 6. The van der Waals surface area contributed by atoms with E-state index in [1.165, 1.54) is 4.68 Å². The standard InChI is InChI=1S/C14H24N4O2/c1-3-17(2)13-10-14(19)18(16-11-13)7-6-15-12-4-8-20-9-5-12/h10-12,15H,3-9H2,1-2H3. The Kier molecular flexibility index (Phi) is 5.55. The Morgan fingerprint density at radius 2 is 2.25 bits per heavy atom. The molecular formula is C14H24N4O2. The third kappa shape index (κ3) is 4.05. The first-order chi connectivity index (χ1) is 9.70. The van der Waals surface area contributed by atoms with E-state index in [0.29, 0.717) is 12.6 Å². The van der Waals surface area contributed by atoms with Crippen LogP contribution < -0.4 is 15.8 Å². The highest BCUT2D eigenvalue weighted by Crippen LogP contribution is 2.06. The minimum Gasteiger partial charge on any atom is -0.381 e. The second-order valence-electron chi connectivity index (χ2n) is 5.13. The summed E-state index contributed by atoms with van der Waals surface area (Å²) in [6.07, 6.45) is 3.84. The molecule has 0 saturated carbocycles. The lowest BCUT2D eigenvalue weighted by Gasteiger charge is -2.23. The quantitative estimate of drug-likeness (QED) is 0.821. The summed E-state index contributed by atoms with van der Waals surface area (Å²) in [6.45, 7) is 5.93. The zero-order chi connectivity index (χ0) is 14.4. The number of anilines is 1. The fraction of sp³-hybridized carbons (Fsp3) is 0.714. The summed E-state index contributed by atoms with van der Waals surface area (Å²) in [5, 5.41) is 7.68. The molecule has 1 aromatic rings. The molecule has 1 fully saturated rings. The van der Waals surface area contributed by atoms with Crippen molar-refractivity contribution in [2.75, 3.05) is 38.3 Å². The molecule has 0 bridgehead atoms. The smallest absolute Gasteiger partial charge is 0.268 e. The van der Waals surface area contributed by atoms with Gasteiger partial charge in [0.2, 0.25) is 0 Å². The summed E-state index contributed by atoms with van der Waals surface area (Å²) >= 11 is 0. The van der Waals surface area contributed by atoms with E-state index in [4.69, 9.17) is 4.74 Å². The molecule has 0 amide bonds. The van der Waals surface area contributed by atoms with Crippen molar-refractivity contribution in [2.45, 2.75) is 32.4 Å². The molecule has 6 heteroatoms. The fourth-order valence-electron chi connectivity index (χ4n) is 2.26. The van der Waals surface area contributed by atoms with Crippen LogP contribution in [0.4, 0.5) is 5.69 Å². The Labute approximate surface area is 119 Å². The lowest BCUT2D eigenvalue weighted by molar-refractivity contribution is 0.0778. The van der Waals surface area contributed by atoms with E-state index in [-0.39, 0.29) is 5.56 Å². The summed E-state index contributed by atoms with van der Waals surface area (Å²) in [5.41, 5.74) is 0.822. The second-order valence-corrected chi connectivity index (χ2v) is 5.13. The van der Waals surface area contributed by atoms with Gasteiger partial charge < -0.3 is 15.0 Å². The second kappa shape index (κ2) is 7.40. The molecule has 6 nitrogen and oxygen atoms in total. The lowest BCUT2D eigenvalue weighted by Crippen LogP contribution is -2.38. The van der Waals surface area contributed by atoms with E-state index in [1.54, 1.807) is 12.3 Å². The molecule has 2 rings (SSSR count). The topological polar surface area (TPSA) is 59.4 Å². The predicted octanol–water partition coefficient (Wildman–Crippen LogP) is 0.468. The zero-order valence-corrected chi connectivity index (χ0v) is 12.3. The molecule has 0 spiro atoms. The Morgan fingerprint density at radius 3 is 2.90 bits per heavy atom. The average molecular weight is 280 g/mol. The molecule has 1 saturated heterocycles. The van der Waals surface area contributed by atoms with Crippen LogP contribution in [-0.2, 0) is 11.3 Å². The normalized spacial score (nSPS) is 16.3. The Balaban J connectivity index is 1.85. The Morgan fingerprint density at radius 1 is 1.50 bits per heavy atom. The van der Waals surface area contributed by atoms with Crippen LogP contribution in [0.5, 0.6) is 0 Å². The summed E-state index contributed by atoms with van der Waals surface area (Å²) in [5.74, 6) is 0. The van der Waals surface area contributed by atoms with Crippen LogP contribution in [0.25, 0.3) is 0 Å². The van der Waals surface area contributed by atoms with Gasteiger partial charge in [0.25, 0.3) is 5.56 Å².